The molecule has 0 aliphatic rings. The molecule has 98 valence electrons. The van der Waals surface area contributed by atoms with E-state index in [0.29, 0.717) is 26.2 Å². The second-order valence-electron chi connectivity index (χ2n) is 3.61. The molecule has 0 unspecified atom stereocenters. The van der Waals surface area contributed by atoms with Crippen molar-refractivity contribution in [2.75, 3.05) is 0 Å². The molecule has 3 nitrogen and oxygen atoms in total. The van der Waals surface area contributed by atoms with Gasteiger partial charge in [-0.1, -0.05) is 46.4 Å². The number of pyridine rings is 1. The number of carbonyl (C=O) groups is 1. The minimum atomic E-state index is -1.18. The number of aromatic carboxylic acids is 1. The average molecular weight is 337 g/mol. The van der Waals surface area contributed by atoms with Crippen LogP contribution in [0.1, 0.15) is 10.4 Å². The van der Waals surface area contributed by atoms with E-state index in [2.05, 4.69) is 4.98 Å². The van der Waals surface area contributed by atoms with Crippen LogP contribution in [-0.2, 0) is 0 Å². The van der Waals surface area contributed by atoms with Crippen LogP contribution < -0.4 is 0 Å². The predicted octanol–water partition coefficient (Wildman–Crippen LogP) is 5.06. The lowest BCUT2D eigenvalue weighted by Crippen LogP contribution is -1.99. The van der Waals surface area contributed by atoms with Gasteiger partial charge in [-0.15, -0.1) is 0 Å². The second kappa shape index (κ2) is 5.55. The summed E-state index contributed by atoms with van der Waals surface area (Å²) in [6.45, 7) is 0. The smallest absolute Gasteiger partial charge is 0.338 e. The second-order valence-corrected chi connectivity index (χ2v) is 5.22. The molecule has 0 bridgehead atoms. The highest BCUT2D eigenvalue weighted by atomic mass is 35.5. The maximum atomic E-state index is 11.0. The van der Waals surface area contributed by atoms with E-state index in [-0.39, 0.29) is 10.7 Å². The van der Waals surface area contributed by atoms with Crippen LogP contribution in [0.5, 0.6) is 0 Å². The number of benzene rings is 1. The largest absolute Gasteiger partial charge is 0.478 e. The fraction of sp³-hybridized carbons (Fsp3) is 0. The van der Waals surface area contributed by atoms with Crippen LogP contribution >= 0.6 is 46.4 Å². The van der Waals surface area contributed by atoms with Crippen molar-refractivity contribution in [2.24, 2.45) is 0 Å². The van der Waals surface area contributed by atoms with Gasteiger partial charge in [0.2, 0.25) is 0 Å². The highest BCUT2D eigenvalue weighted by Crippen LogP contribution is 2.37. The monoisotopic (exact) mass is 335 g/mol. The molecule has 0 radical (unpaired) electrons. The van der Waals surface area contributed by atoms with Crippen molar-refractivity contribution in [3.63, 3.8) is 0 Å². The van der Waals surface area contributed by atoms with Gasteiger partial charge in [0.1, 0.15) is 5.15 Å². The Balaban J connectivity index is 2.66. The number of rotatable bonds is 2. The third-order valence-electron chi connectivity index (χ3n) is 2.37. The van der Waals surface area contributed by atoms with Gasteiger partial charge in [-0.05, 0) is 18.2 Å². The van der Waals surface area contributed by atoms with E-state index in [1.54, 1.807) is 0 Å². The topological polar surface area (TPSA) is 50.2 Å². The molecule has 0 fully saturated rings. The highest BCUT2D eigenvalue weighted by molar-refractivity contribution is 6.42. The summed E-state index contributed by atoms with van der Waals surface area (Å²) in [6, 6.07) is 4.39. The number of hydrogen-bond acceptors (Lipinski definition) is 2. The quantitative estimate of drug-likeness (QED) is 0.780. The van der Waals surface area contributed by atoms with Gasteiger partial charge in [0, 0.05) is 22.3 Å². The fourth-order valence-corrected chi connectivity index (χ4v) is 2.77. The van der Waals surface area contributed by atoms with Crippen LogP contribution in [-0.4, -0.2) is 16.1 Å². The van der Waals surface area contributed by atoms with E-state index in [4.69, 9.17) is 51.5 Å². The Morgan fingerprint density at radius 1 is 1.05 bits per heavy atom. The summed E-state index contributed by atoms with van der Waals surface area (Å²) in [5.74, 6) is -1.18. The molecule has 19 heavy (non-hydrogen) atoms. The summed E-state index contributed by atoms with van der Waals surface area (Å²) >= 11 is 23.6. The van der Waals surface area contributed by atoms with Crippen molar-refractivity contribution in [2.45, 2.75) is 0 Å². The molecule has 0 saturated heterocycles. The van der Waals surface area contributed by atoms with Crippen LogP contribution in [0.15, 0.2) is 24.4 Å². The maximum absolute atomic E-state index is 11.0. The molecule has 2 aromatic rings. The molecule has 1 aromatic heterocycles. The molecule has 0 atom stereocenters. The number of hydrogen-bond donors (Lipinski definition) is 1. The molecule has 1 heterocycles. The van der Waals surface area contributed by atoms with Crippen molar-refractivity contribution in [3.05, 3.63) is 50.2 Å². The van der Waals surface area contributed by atoms with Crippen molar-refractivity contribution in [1.82, 2.24) is 4.98 Å². The van der Waals surface area contributed by atoms with Gasteiger partial charge < -0.3 is 5.11 Å². The first kappa shape index (κ1) is 14.4. The summed E-state index contributed by atoms with van der Waals surface area (Å²) in [5.41, 5.74) is 0.786. The fourth-order valence-electron chi connectivity index (χ4n) is 1.55. The lowest BCUT2D eigenvalue weighted by Gasteiger charge is -2.09. The van der Waals surface area contributed by atoms with Gasteiger partial charge in [0.15, 0.2) is 0 Å². The van der Waals surface area contributed by atoms with E-state index >= 15 is 0 Å². The predicted molar refractivity (Wildman–Crippen MR) is 76.7 cm³/mol. The third-order valence-corrected chi connectivity index (χ3v) is 3.48. The van der Waals surface area contributed by atoms with Gasteiger partial charge in [-0.2, -0.15) is 0 Å². The summed E-state index contributed by atoms with van der Waals surface area (Å²) < 4.78 is 0. The molecule has 0 aliphatic heterocycles. The summed E-state index contributed by atoms with van der Waals surface area (Å²) in [7, 11) is 0. The number of carboxylic acids is 1. The van der Waals surface area contributed by atoms with E-state index in [1.807, 2.05) is 0 Å². The Bertz CT molecular complexity index is 650. The molecular formula is C12H5Cl4NO2. The van der Waals surface area contributed by atoms with Crippen molar-refractivity contribution < 1.29 is 9.90 Å². The molecule has 0 spiro atoms. The van der Waals surface area contributed by atoms with Gasteiger partial charge in [-0.3, -0.25) is 0 Å². The third kappa shape index (κ3) is 2.95. The Labute approximate surface area is 128 Å². The van der Waals surface area contributed by atoms with E-state index in [1.165, 1.54) is 24.4 Å². The van der Waals surface area contributed by atoms with Crippen LogP contribution in [0.2, 0.25) is 20.2 Å². The van der Waals surface area contributed by atoms with Gasteiger partial charge in [0.25, 0.3) is 0 Å². The van der Waals surface area contributed by atoms with E-state index in [0.717, 1.165) is 0 Å². The number of nitrogens with zero attached hydrogens (tertiary/aromatic N) is 1. The Morgan fingerprint density at radius 3 is 2.16 bits per heavy atom. The molecule has 1 aromatic carbocycles. The van der Waals surface area contributed by atoms with Gasteiger partial charge in [-0.25, -0.2) is 9.78 Å². The molecule has 1 N–H and O–H groups in total. The zero-order valence-corrected chi connectivity index (χ0v) is 12.1. The van der Waals surface area contributed by atoms with Crippen molar-refractivity contribution in [1.29, 1.82) is 0 Å². The van der Waals surface area contributed by atoms with Crippen LogP contribution in [0, 0.1) is 0 Å². The SMILES string of the molecule is O=C(O)c1cc(-c2c(Cl)cc(Cl)cc2Cl)cnc1Cl. The maximum Gasteiger partial charge on any atom is 0.338 e. The Morgan fingerprint density at radius 2 is 1.63 bits per heavy atom. The summed E-state index contributed by atoms with van der Waals surface area (Å²) in [4.78, 5) is 14.8. The zero-order valence-electron chi connectivity index (χ0n) is 9.12. The lowest BCUT2D eigenvalue weighted by atomic mass is 10.1. The van der Waals surface area contributed by atoms with Crippen LogP contribution in [0.3, 0.4) is 0 Å². The summed E-state index contributed by atoms with van der Waals surface area (Å²) in [5, 5.41) is 9.90. The first-order valence-electron chi connectivity index (χ1n) is 4.94. The van der Waals surface area contributed by atoms with E-state index in [9.17, 15) is 4.79 Å². The average Bonchev–Trinajstić information content (AvgIpc) is 2.29. The highest BCUT2D eigenvalue weighted by Gasteiger charge is 2.15. The van der Waals surface area contributed by atoms with Crippen LogP contribution in [0.4, 0.5) is 0 Å². The number of aromatic nitrogens is 1. The Kier molecular flexibility index (Phi) is 4.21. The van der Waals surface area contributed by atoms with Gasteiger partial charge >= 0.3 is 5.97 Å². The minimum absolute atomic E-state index is 0.0996. The first-order chi connectivity index (χ1) is 8.90. The standard InChI is InChI=1S/C12H5Cl4NO2/c13-6-2-8(14)10(9(15)3-6)5-1-7(12(18)19)11(16)17-4-5/h1-4H,(H,18,19). The molecule has 0 amide bonds. The molecule has 0 saturated carbocycles. The van der Waals surface area contributed by atoms with Gasteiger partial charge in [0.05, 0.1) is 15.6 Å². The number of carboxylic acid groups (broad SMARTS) is 1. The first-order valence-corrected chi connectivity index (χ1v) is 6.45. The van der Waals surface area contributed by atoms with Crippen molar-refractivity contribution in [3.8, 4) is 11.1 Å². The molecule has 2 rings (SSSR count). The molecule has 0 aliphatic carbocycles. The Hall–Kier alpha value is -1.00. The lowest BCUT2D eigenvalue weighted by molar-refractivity contribution is 0.0696. The van der Waals surface area contributed by atoms with Crippen molar-refractivity contribution >= 4 is 52.4 Å². The minimum Gasteiger partial charge on any atom is -0.478 e. The zero-order chi connectivity index (χ0) is 14.2. The molecule has 7 heteroatoms. The number of halogens is 4. The summed E-state index contributed by atoms with van der Waals surface area (Å²) in [6.07, 6.45) is 1.40. The van der Waals surface area contributed by atoms with Crippen LogP contribution in [0.25, 0.3) is 11.1 Å². The normalized spacial score (nSPS) is 10.5. The van der Waals surface area contributed by atoms with E-state index < -0.39 is 5.97 Å². The molecular weight excluding hydrogens is 332 g/mol.